The van der Waals surface area contributed by atoms with Crippen molar-refractivity contribution in [3.8, 4) is 17.2 Å². The van der Waals surface area contributed by atoms with Gasteiger partial charge < -0.3 is 29.6 Å². The van der Waals surface area contributed by atoms with Crippen LogP contribution in [0.2, 0.25) is 0 Å². The minimum Gasteiger partial charge on any atom is -0.507 e. The number of aromatic nitrogens is 1. The summed E-state index contributed by atoms with van der Waals surface area (Å²) in [5, 5.41) is 15.4. The van der Waals surface area contributed by atoms with Gasteiger partial charge in [-0.05, 0) is 29.8 Å². The van der Waals surface area contributed by atoms with Gasteiger partial charge in [-0.15, -0.1) is 0 Å². The maximum Gasteiger partial charge on any atom is 0.293 e. The maximum absolute atomic E-state index is 11.1. The highest BCUT2D eigenvalue weighted by Gasteiger charge is 2.17. The molecule has 1 heterocycles. The largest absolute Gasteiger partial charge is 0.507 e. The lowest BCUT2D eigenvalue weighted by Gasteiger charge is -2.17. The summed E-state index contributed by atoms with van der Waals surface area (Å²) in [6, 6.07) is 18.9. The van der Waals surface area contributed by atoms with Crippen molar-refractivity contribution in [1.82, 2.24) is 10.3 Å². The molecule has 0 amide bonds. The van der Waals surface area contributed by atoms with E-state index in [0.29, 0.717) is 44.1 Å². The highest BCUT2D eigenvalue weighted by atomic mass is 16.5. The molecule has 0 aliphatic heterocycles. The number of phenols is 1. The van der Waals surface area contributed by atoms with Crippen LogP contribution < -0.4 is 14.8 Å². The monoisotopic (exact) mass is 434 g/mol. The van der Waals surface area contributed by atoms with Gasteiger partial charge in [0.1, 0.15) is 18.5 Å². The van der Waals surface area contributed by atoms with E-state index in [2.05, 4.69) is 10.3 Å². The topological polar surface area (TPSA) is 92.8 Å². The summed E-state index contributed by atoms with van der Waals surface area (Å²) < 4.78 is 16.4. The van der Waals surface area contributed by atoms with E-state index < -0.39 is 0 Å². The quantitative estimate of drug-likeness (QED) is 0.246. The molecule has 0 radical (unpaired) electrons. The zero-order chi connectivity index (χ0) is 22.3. The summed E-state index contributed by atoms with van der Waals surface area (Å²) in [5.74, 6) is 1.59. The van der Waals surface area contributed by atoms with E-state index >= 15 is 0 Å². The fourth-order valence-electron chi connectivity index (χ4n) is 3.89. The maximum atomic E-state index is 11.1. The molecule has 1 unspecified atom stereocenters. The molecule has 3 aromatic carbocycles. The molecule has 1 aromatic heterocycles. The second-order valence-electron chi connectivity index (χ2n) is 7.43. The van der Waals surface area contributed by atoms with Crippen LogP contribution in [0.15, 0.2) is 60.7 Å². The van der Waals surface area contributed by atoms with Gasteiger partial charge in [0, 0.05) is 35.8 Å². The van der Waals surface area contributed by atoms with Crippen molar-refractivity contribution in [2.45, 2.75) is 12.5 Å². The summed E-state index contributed by atoms with van der Waals surface area (Å²) in [7, 11) is 1.61. The van der Waals surface area contributed by atoms with Crippen LogP contribution in [0.25, 0.3) is 21.8 Å². The smallest absolute Gasteiger partial charge is 0.293 e. The van der Waals surface area contributed by atoms with Crippen LogP contribution in [0.1, 0.15) is 5.56 Å². The molecule has 0 saturated carbocycles. The van der Waals surface area contributed by atoms with Crippen LogP contribution >= 0.6 is 0 Å². The number of carbonyl (C=O) groups excluding carboxylic acids is 1. The average molecular weight is 434 g/mol. The van der Waals surface area contributed by atoms with Gasteiger partial charge in [0.15, 0.2) is 11.5 Å². The molecule has 0 aliphatic rings. The standard InChI is InChI=1S/C25H26N2O5/c1-30-22-8-4-5-9-23(22)31-13-12-26-15-18(32-16-28)14-17-10-11-21(29)24-19-6-2-3-7-20(19)27-25(17)24/h2-11,16,18,26-27,29H,12-15H2,1H3. The molecular formula is C25H26N2O5. The lowest BCUT2D eigenvalue weighted by molar-refractivity contribution is -0.133. The Morgan fingerprint density at radius 2 is 1.84 bits per heavy atom. The number of methoxy groups -OCH3 is 1. The van der Waals surface area contributed by atoms with E-state index in [1.165, 1.54) is 0 Å². The Morgan fingerprint density at radius 3 is 2.66 bits per heavy atom. The molecule has 0 saturated heterocycles. The summed E-state index contributed by atoms with van der Waals surface area (Å²) in [5.41, 5.74) is 2.77. The van der Waals surface area contributed by atoms with Crippen LogP contribution in [0, 0.1) is 0 Å². The fourth-order valence-corrected chi connectivity index (χ4v) is 3.89. The van der Waals surface area contributed by atoms with Gasteiger partial charge in [0.25, 0.3) is 6.47 Å². The lowest BCUT2D eigenvalue weighted by Crippen LogP contribution is -2.33. The van der Waals surface area contributed by atoms with Crippen molar-refractivity contribution in [1.29, 1.82) is 0 Å². The molecule has 1 atom stereocenters. The normalized spacial score (nSPS) is 12.0. The Balaban J connectivity index is 1.40. The zero-order valence-electron chi connectivity index (χ0n) is 17.8. The molecule has 4 aromatic rings. The van der Waals surface area contributed by atoms with Crippen LogP contribution in [0.3, 0.4) is 0 Å². The summed E-state index contributed by atoms with van der Waals surface area (Å²) in [6.45, 7) is 1.96. The minimum absolute atomic E-state index is 0.223. The molecule has 3 N–H and O–H groups in total. The summed E-state index contributed by atoms with van der Waals surface area (Å²) in [6.07, 6.45) is 0.140. The Kier molecular flexibility index (Phi) is 6.77. The van der Waals surface area contributed by atoms with Gasteiger partial charge in [-0.2, -0.15) is 0 Å². The first kappa shape index (κ1) is 21.5. The van der Waals surface area contributed by atoms with E-state index in [0.717, 1.165) is 27.4 Å². The Morgan fingerprint density at radius 1 is 1.06 bits per heavy atom. The van der Waals surface area contributed by atoms with Gasteiger partial charge >= 0.3 is 0 Å². The molecule has 0 aliphatic carbocycles. The number of fused-ring (bicyclic) bond motifs is 3. The van der Waals surface area contributed by atoms with Gasteiger partial charge in [-0.3, -0.25) is 4.79 Å². The van der Waals surface area contributed by atoms with Crippen molar-refractivity contribution in [3.63, 3.8) is 0 Å². The van der Waals surface area contributed by atoms with Gasteiger partial charge in [-0.1, -0.05) is 36.4 Å². The number of aromatic hydroxyl groups is 1. The minimum atomic E-state index is -0.363. The van der Waals surface area contributed by atoms with Crippen LogP contribution in [-0.4, -0.2) is 49.5 Å². The number of hydrogen-bond donors (Lipinski definition) is 3. The number of ether oxygens (including phenoxy) is 3. The highest BCUT2D eigenvalue weighted by molar-refractivity contribution is 6.11. The number of para-hydroxylation sites is 3. The lowest BCUT2D eigenvalue weighted by atomic mass is 10.0. The fraction of sp³-hybridized carbons (Fsp3) is 0.240. The van der Waals surface area contributed by atoms with Crippen molar-refractivity contribution in [2.24, 2.45) is 0 Å². The molecule has 0 spiro atoms. The average Bonchev–Trinajstić information content (AvgIpc) is 3.21. The first-order valence-corrected chi connectivity index (χ1v) is 10.5. The second-order valence-corrected chi connectivity index (χ2v) is 7.43. The Hall–Kier alpha value is -3.71. The molecular weight excluding hydrogens is 408 g/mol. The number of hydrogen-bond acceptors (Lipinski definition) is 6. The Bertz CT molecular complexity index is 1200. The van der Waals surface area contributed by atoms with E-state index in [9.17, 15) is 9.90 Å². The molecule has 0 fully saturated rings. The SMILES string of the molecule is COc1ccccc1OCCNCC(Cc1ccc(O)c2c1[nH]c1ccccc12)OC=O. The van der Waals surface area contributed by atoms with Crippen molar-refractivity contribution >= 4 is 28.3 Å². The number of carbonyl (C=O) groups is 1. The number of H-pyrrole nitrogens is 1. The Labute approximate surface area is 185 Å². The molecule has 7 heteroatoms. The van der Waals surface area contributed by atoms with E-state index in [1.807, 2.05) is 54.6 Å². The predicted octanol–water partition coefficient (Wildman–Crippen LogP) is 3.79. The third-order valence-corrected chi connectivity index (χ3v) is 5.40. The van der Waals surface area contributed by atoms with Gasteiger partial charge in [0.05, 0.1) is 12.6 Å². The van der Waals surface area contributed by atoms with E-state index in [4.69, 9.17) is 14.2 Å². The number of aromatic amines is 1. The molecule has 166 valence electrons. The van der Waals surface area contributed by atoms with Crippen molar-refractivity contribution in [2.75, 3.05) is 26.8 Å². The summed E-state index contributed by atoms with van der Waals surface area (Å²) >= 11 is 0. The van der Waals surface area contributed by atoms with Crippen LogP contribution in [0.5, 0.6) is 17.2 Å². The number of rotatable bonds is 11. The first-order chi connectivity index (χ1) is 15.7. The first-order valence-electron chi connectivity index (χ1n) is 10.5. The molecule has 0 bridgehead atoms. The van der Waals surface area contributed by atoms with E-state index in [1.54, 1.807) is 13.2 Å². The van der Waals surface area contributed by atoms with Crippen molar-refractivity contribution in [3.05, 3.63) is 66.2 Å². The molecule has 4 rings (SSSR count). The van der Waals surface area contributed by atoms with Crippen LogP contribution in [0.4, 0.5) is 0 Å². The summed E-state index contributed by atoms with van der Waals surface area (Å²) in [4.78, 5) is 14.5. The van der Waals surface area contributed by atoms with Crippen LogP contribution in [-0.2, 0) is 16.0 Å². The predicted molar refractivity (Wildman–Crippen MR) is 123 cm³/mol. The number of nitrogens with one attached hydrogen (secondary N) is 2. The van der Waals surface area contributed by atoms with Gasteiger partial charge in [0.2, 0.25) is 0 Å². The highest BCUT2D eigenvalue weighted by Crippen LogP contribution is 2.34. The zero-order valence-corrected chi connectivity index (χ0v) is 17.8. The number of benzene rings is 3. The van der Waals surface area contributed by atoms with E-state index in [-0.39, 0.29) is 11.9 Å². The molecule has 32 heavy (non-hydrogen) atoms. The number of phenolic OH excluding ortho intramolecular Hbond substituents is 1. The third kappa shape index (κ3) is 4.63. The second kappa shape index (κ2) is 10.1. The molecule has 7 nitrogen and oxygen atoms in total. The van der Waals surface area contributed by atoms with Crippen molar-refractivity contribution < 1.29 is 24.1 Å². The third-order valence-electron chi connectivity index (χ3n) is 5.40. The van der Waals surface area contributed by atoms with Gasteiger partial charge in [-0.25, -0.2) is 0 Å².